The number of benzene rings is 1. The van der Waals surface area contributed by atoms with E-state index < -0.39 is 0 Å². The van der Waals surface area contributed by atoms with Crippen LogP contribution in [-0.4, -0.2) is 17.5 Å². The molecule has 3 rings (SSSR count). The van der Waals surface area contributed by atoms with Gasteiger partial charge in [-0.1, -0.05) is 18.2 Å². The van der Waals surface area contributed by atoms with Gasteiger partial charge in [-0.2, -0.15) is 11.8 Å². The molecule has 2 atom stereocenters. The van der Waals surface area contributed by atoms with Crippen molar-refractivity contribution in [2.24, 2.45) is 0 Å². The van der Waals surface area contributed by atoms with Crippen molar-refractivity contribution in [3.05, 3.63) is 34.9 Å². The molecule has 1 aromatic rings. The lowest BCUT2D eigenvalue weighted by Crippen LogP contribution is -2.35. The first-order chi connectivity index (χ1) is 9.33. The molecule has 0 bridgehead atoms. The summed E-state index contributed by atoms with van der Waals surface area (Å²) in [5, 5.41) is 3.82. The first kappa shape index (κ1) is 13.5. The molecule has 0 spiro atoms. The zero-order chi connectivity index (χ0) is 13.1. The van der Waals surface area contributed by atoms with Gasteiger partial charge in [0, 0.05) is 17.8 Å². The van der Waals surface area contributed by atoms with E-state index in [-0.39, 0.29) is 0 Å². The number of rotatable bonds is 3. The Morgan fingerprint density at radius 3 is 2.79 bits per heavy atom. The molecular formula is C17H25NS. The van der Waals surface area contributed by atoms with Gasteiger partial charge in [0.2, 0.25) is 0 Å². The monoisotopic (exact) mass is 275 g/mol. The van der Waals surface area contributed by atoms with Crippen LogP contribution in [0.15, 0.2) is 18.2 Å². The zero-order valence-electron chi connectivity index (χ0n) is 12.0. The molecule has 1 saturated heterocycles. The summed E-state index contributed by atoms with van der Waals surface area (Å²) in [4.78, 5) is 0. The third-order valence-electron chi connectivity index (χ3n) is 4.52. The lowest BCUT2D eigenvalue weighted by molar-refractivity contribution is 0.452. The van der Waals surface area contributed by atoms with E-state index in [0.29, 0.717) is 12.1 Å². The third kappa shape index (κ3) is 3.35. The van der Waals surface area contributed by atoms with E-state index >= 15 is 0 Å². The molecule has 2 aliphatic rings. The Morgan fingerprint density at radius 1 is 1.16 bits per heavy atom. The molecule has 0 amide bonds. The summed E-state index contributed by atoms with van der Waals surface area (Å²) in [5.74, 6) is 2.64. The average Bonchev–Trinajstić information content (AvgIpc) is 2.48. The van der Waals surface area contributed by atoms with Gasteiger partial charge >= 0.3 is 0 Å². The number of nitrogens with one attached hydrogen (secondary N) is 1. The van der Waals surface area contributed by atoms with Crippen LogP contribution in [0.3, 0.4) is 0 Å². The second-order valence-corrected chi connectivity index (χ2v) is 7.19. The summed E-state index contributed by atoms with van der Waals surface area (Å²) in [6.45, 7) is 2.32. The Balaban J connectivity index is 1.67. The fourth-order valence-corrected chi connectivity index (χ4v) is 4.43. The van der Waals surface area contributed by atoms with E-state index in [2.05, 4.69) is 42.2 Å². The molecular weight excluding hydrogens is 250 g/mol. The van der Waals surface area contributed by atoms with E-state index in [0.717, 1.165) is 0 Å². The predicted molar refractivity (Wildman–Crippen MR) is 85.0 cm³/mol. The molecule has 1 fully saturated rings. The minimum atomic E-state index is 0.496. The maximum atomic E-state index is 3.82. The van der Waals surface area contributed by atoms with Crippen molar-refractivity contribution >= 4 is 11.8 Å². The summed E-state index contributed by atoms with van der Waals surface area (Å²) in [6.07, 6.45) is 8.05. The molecule has 1 heterocycles. The molecule has 1 aliphatic carbocycles. The standard InChI is InChI=1S/C17H25NS/c1-13(18-17-7-4-10-19-12-17)15-9-8-14-5-2-3-6-16(14)11-15/h8-9,11,13,17-18H,2-7,10,12H2,1H3. The quantitative estimate of drug-likeness (QED) is 0.891. The van der Waals surface area contributed by atoms with Gasteiger partial charge < -0.3 is 5.32 Å². The van der Waals surface area contributed by atoms with Gasteiger partial charge in [0.05, 0.1) is 0 Å². The van der Waals surface area contributed by atoms with Crippen LogP contribution in [0, 0.1) is 0 Å². The minimum absolute atomic E-state index is 0.496. The Kier molecular flexibility index (Phi) is 4.49. The summed E-state index contributed by atoms with van der Waals surface area (Å²) in [6, 6.07) is 8.39. The number of fused-ring (bicyclic) bond motifs is 1. The van der Waals surface area contributed by atoms with Crippen molar-refractivity contribution in [3.63, 3.8) is 0 Å². The zero-order valence-corrected chi connectivity index (χ0v) is 12.8. The van der Waals surface area contributed by atoms with E-state index in [1.807, 2.05) is 0 Å². The molecule has 1 nitrogen and oxygen atoms in total. The van der Waals surface area contributed by atoms with Crippen LogP contribution >= 0.6 is 11.8 Å². The molecule has 2 unspecified atom stereocenters. The highest BCUT2D eigenvalue weighted by Gasteiger charge is 2.17. The highest BCUT2D eigenvalue weighted by molar-refractivity contribution is 7.99. The SMILES string of the molecule is CC(NC1CCCSC1)c1ccc2c(c1)CCCC2. The second-order valence-electron chi connectivity index (χ2n) is 6.04. The van der Waals surface area contributed by atoms with Crippen LogP contribution in [0.25, 0.3) is 0 Å². The van der Waals surface area contributed by atoms with Crippen LogP contribution < -0.4 is 5.32 Å². The maximum absolute atomic E-state index is 3.82. The molecule has 19 heavy (non-hydrogen) atoms. The van der Waals surface area contributed by atoms with Crippen molar-refractivity contribution in [2.75, 3.05) is 11.5 Å². The van der Waals surface area contributed by atoms with Crippen LogP contribution in [0.1, 0.15) is 55.3 Å². The summed E-state index contributed by atoms with van der Waals surface area (Å²) < 4.78 is 0. The molecule has 1 aliphatic heterocycles. The normalized spacial score (nSPS) is 24.8. The molecule has 104 valence electrons. The summed E-state index contributed by atoms with van der Waals surface area (Å²) in [7, 11) is 0. The van der Waals surface area contributed by atoms with Crippen molar-refractivity contribution in [1.29, 1.82) is 0 Å². The van der Waals surface area contributed by atoms with Crippen LogP contribution in [0.4, 0.5) is 0 Å². The Bertz CT molecular complexity index is 423. The lowest BCUT2D eigenvalue weighted by Gasteiger charge is -2.27. The van der Waals surface area contributed by atoms with E-state index in [9.17, 15) is 0 Å². The van der Waals surface area contributed by atoms with Gasteiger partial charge in [-0.25, -0.2) is 0 Å². The lowest BCUT2D eigenvalue weighted by atomic mass is 9.89. The summed E-state index contributed by atoms with van der Waals surface area (Å²) in [5.41, 5.74) is 4.68. The summed E-state index contributed by atoms with van der Waals surface area (Å²) >= 11 is 2.10. The molecule has 0 saturated carbocycles. The van der Waals surface area contributed by atoms with Crippen LogP contribution in [0.5, 0.6) is 0 Å². The van der Waals surface area contributed by atoms with Crippen molar-refractivity contribution in [3.8, 4) is 0 Å². The maximum Gasteiger partial charge on any atom is 0.0294 e. The average molecular weight is 275 g/mol. The first-order valence-electron chi connectivity index (χ1n) is 7.78. The number of hydrogen-bond acceptors (Lipinski definition) is 2. The minimum Gasteiger partial charge on any atom is -0.307 e. The van der Waals surface area contributed by atoms with Gasteiger partial charge in [-0.3, -0.25) is 0 Å². The van der Waals surface area contributed by atoms with Crippen molar-refractivity contribution < 1.29 is 0 Å². The predicted octanol–water partition coefficient (Wildman–Crippen LogP) is 4.11. The van der Waals surface area contributed by atoms with Gasteiger partial charge in [-0.15, -0.1) is 0 Å². The van der Waals surface area contributed by atoms with Crippen molar-refractivity contribution in [2.45, 2.75) is 57.5 Å². The van der Waals surface area contributed by atoms with Gasteiger partial charge in [0.15, 0.2) is 0 Å². The number of hydrogen-bond donors (Lipinski definition) is 1. The second kappa shape index (κ2) is 6.32. The van der Waals surface area contributed by atoms with Gasteiger partial charge in [0.25, 0.3) is 0 Å². The molecule has 2 heteroatoms. The van der Waals surface area contributed by atoms with Gasteiger partial charge in [-0.05, 0) is 67.9 Å². The topological polar surface area (TPSA) is 12.0 Å². The van der Waals surface area contributed by atoms with E-state index in [1.165, 1.54) is 55.6 Å². The van der Waals surface area contributed by atoms with E-state index in [1.54, 1.807) is 11.1 Å². The number of aryl methyl sites for hydroxylation is 2. The highest BCUT2D eigenvalue weighted by Crippen LogP contribution is 2.26. The smallest absolute Gasteiger partial charge is 0.0294 e. The fourth-order valence-electron chi connectivity index (χ4n) is 3.34. The molecule has 1 N–H and O–H groups in total. The Hall–Kier alpha value is -0.470. The largest absolute Gasteiger partial charge is 0.307 e. The first-order valence-corrected chi connectivity index (χ1v) is 8.94. The Morgan fingerprint density at radius 2 is 2.00 bits per heavy atom. The molecule has 0 aromatic heterocycles. The Labute approximate surface area is 121 Å². The van der Waals surface area contributed by atoms with E-state index in [4.69, 9.17) is 0 Å². The van der Waals surface area contributed by atoms with Crippen LogP contribution in [-0.2, 0) is 12.8 Å². The molecule has 1 aromatic carbocycles. The fraction of sp³-hybridized carbons (Fsp3) is 0.647. The van der Waals surface area contributed by atoms with Gasteiger partial charge in [0.1, 0.15) is 0 Å². The van der Waals surface area contributed by atoms with Crippen LogP contribution in [0.2, 0.25) is 0 Å². The van der Waals surface area contributed by atoms with Crippen molar-refractivity contribution in [1.82, 2.24) is 5.32 Å². The number of thioether (sulfide) groups is 1. The highest BCUT2D eigenvalue weighted by atomic mass is 32.2. The molecule has 0 radical (unpaired) electrons. The third-order valence-corrected chi connectivity index (χ3v) is 5.73.